The number of hydrogen-bond donors (Lipinski definition) is 1. The Morgan fingerprint density at radius 3 is 2.43 bits per heavy atom. The molecule has 1 aliphatic carbocycles. The highest BCUT2D eigenvalue weighted by molar-refractivity contribution is 7.89. The largest absolute Gasteiger partial charge is 0.390 e. The lowest BCUT2D eigenvalue weighted by atomic mass is 9.90. The quantitative estimate of drug-likeness (QED) is 0.924. The molecule has 0 radical (unpaired) electrons. The predicted molar refractivity (Wildman–Crippen MR) is 77.1 cm³/mol. The minimum atomic E-state index is -3.65. The number of piperidine rings is 1. The van der Waals surface area contributed by atoms with Crippen LogP contribution in [0.3, 0.4) is 0 Å². The van der Waals surface area contributed by atoms with Crippen LogP contribution >= 0.6 is 11.6 Å². The zero-order valence-corrected chi connectivity index (χ0v) is 13.0. The van der Waals surface area contributed by atoms with Crippen LogP contribution in [-0.2, 0) is 10.0 Å². The Morgan fingerprint density at radius 2 is 1.90 bits per heavy atom. The third kappa shape index (κ3) is 2.82. The van der Waals surface area contributed by atoms with Crippen LogP contribution in [-0.4, -0.2) is 36.5 Å². The van der Waals surface area contributed by atoms with Crippen molar-refractivity contribution in [1.82, 2.24) is 4.31 Å². The van der Waals surface area contributed by atoms with Crippen LogP contribution in [0.1, 0.15) is 25.7 Å². The number of hydrogen-bond acceptors (Lipinski definition) is 3. The van der Waals surface area contributed by atoms with E-state index in [0.717, 1.165) is 25.0 Å². The summed E-state index contributed by atoms with van der Waals surface area (Å²) in [5.74, 6) is -0.453. The smallest absolute Gasteiger partial charge is 0.243 e. The Balaban J connectivity index is 1.75. The van der Waals surface area contributed by atoms with Crippen molar-refractivity contribution in [3.63, 3.8) is 0 Å². The van der Waals surface area contributed by atoms with Crippen LogP contribution in [0.25, 0.3) is 0 Å². The number of aliphatic hydroxyl groups is 1. The number of nitrogens with zero attached hydrogens (tertiary/aromatic N) is 1. The second-order valence-electron chi connectivity index (χ2n) is 5.86. The highest BCUT2D eigenvalue weighted by Crippen LogP contribution is 2.46. The van der Waals surface area contributed by atoms with Gasteiger partial charge in [0, 0.05) is 13.1 Å². The van der Waals surface area contributed by atoms with Crippen LogP contribution in [0, 0.1) is 11.7 Å². The van der Waals surface area contributed by atoms with E-state index in [9.17, 15) is 17.9 Å². The minimum Gasteiger partial charge on any atom is -0.390 e. The molecule has 0 unspecified atom stereocenters. The first kappa shape index (κ1) is 15.2. The van der Waals surface area contributed by atoms with Gasteiger partial charge in [0.1, 0.15) is 5.82 Å². The summed E-state index contributed by atoms with van der Waals surface area (Å²) in [4.78, 5) is 0.0116. The van der Waals surface area contributed by atoms with Gasteiger partial charge < -0.3 is 5.11 Å². The molecule has 0 aromatic heterocycles. The Bertz CT molecular complexity index is 652. The van der Waals surface area contributed by atoms with Gasteiger partial charge in [-0.15, -0.1) is 0 Å². The van der Waals surface area contributed by atoms with Crippen LogP contribution in [0.2, 0.25) is 5.02 Å². The Kier molecular flexibility index (Phi) is 3.76. The number of halogens is 2. The molecule has 1 aromatic rings. The van der Waals surface area contributed by atoms with Crippen molar-refractivity contribution in [2.24, 2.45) is 5.92 Å². The zero-order valence-electron chi connectivity index (χ0n) is 11.4. The lowest BCUT2D eigenvalue weighted by molar-refractivity contribution is 0.0534. The lowest BCUT2D eigenvalue weighted by Gasteiger charge is -2.33. The molecule has 1 saturated carbocycles. The Labute approximate surface area is 128 Å². The number of sulfonamides is 1. The van der Waals surface area contributed by atoms with Crippen molar-refractivity contribution in [2.75, 3.05) is 13.1 Å². The van der Waals surface area contributed by atoms with Gasteiger partial charge in [-0.1, -0.05) is 11.6 Å². The molecule has 2 fully saturated rings. The van der Waals surface area contributed by atoms with E-state index in [2.05, 4.69) is 0 Å². The van der Waals surface area contributed by atoms with Gasteiger partial charge in [0.2, 0.25) is 10.0 Å². The summed E-state index contributed by atoms with van der Waals surface area (Å²) in [6.07, 6.45) is 2.95. The summed E-state index contributed by atoms with van der Waals surface area (Å²) in [5.41, 5.74) is -0.560. The van der Waals surface area contributed by atoms with Crippen molar-refractivity contribution < 1.29 is 17.9 Å². The van der Waals surface area contributed by atoms with E-state index in [4.69, 9.17) is 11.6 Å². The summed E-state index contributed by atoms with van der Waals surface area (Å²) in [5, 5.41) is 9.90. The fraction of sp³-hybridized carbons (Fsp3) is 0.571. The Morgan fingerprint density at radius 1 is 1.29 bits per heavy atom. The van der Waals surface area contributed by atoms with Crippen LogP contribution in [0.4, 0.5) is 4.39 Å². The second-order valence-corrected chi connectivity index (χ2v) is 8.20. The standard InChI is InChI=1S/C14H17ClFNO3S/c15-12-9-11(1-2-13(12)16)21(19,20)17-7-3-10(4-8-17)14(18)5-6-14/h1-2,9-10,18H,3-8H2. The molecule has 1 saturated heterocycles. The summed E-state index contributed by atoms with van der Waals surface area (Å²) in [6.45, 7) is 0.759. The normalized spacial score (nSPS) is 23.2. The average Bonchev–Trinajstić information content (AvgIpc) is 3.21. The topological polar surface area (TPSA) is 57.6 Å². The maximum Gasteiger partial charge on any atom is 0.243 e. The molecule has 3 rings (SSSR count). The van der Waals surface area contributed by atoms with Crippen LogP contribution in [0.15, 0.2) is 23.1 Å². The maximum absolute atomic E-state index is 13.2. The molecular weight excluding hydrogens is 317 g/mol. The summed E-state index contributed by atoms with van der Waals surface area (Å²) in [7, 11) is -3.65. The molecule has 116 valence electrons. The van der Waals surface area contributed by atoms with Gasteiger partial charge >= 0.3 is 0 Å². The highest BCUT2D eigenvalue weighted by Gasteiger charge is 2.48. The van der Waals surface area contributed by atoms with Gasteiger partial charge in [0.15, 0.2) is 0 Å². The first-order valence-electron chi connectivity index (χ1n) is 7.00. The summed E-state index contributed by atoms with van der Waals surface area (Å²) >= 11 is 5.66. The monoisotopic (exact) mass is 333 g/mol. The van der Waals surface area contributed by atoms with E-state index >= 15 is 0 Å². The molecule has 1 aromatic carbocycles. The van der Waals surface area contributed by atoms with E-state index in [1.54, 1.807) is 0 Å². The molecule has 2 aliphatic rings. The van der Waals surface area contributed by atoms with Gasteiger partial charge in [0.05, 0.1) is 15.5 Å². The third-order valence-corrected chi connectivity index (χ3v) is 6.69. The SMILES string of the molecule is O=S(=O)(c1ccc(F)c(Cl)c1)N1CCC(C2(O)CC2)CC1. The van der Waals surface area contributed by atoms with Gasteiger partial charge in [-0.05, 0) is 49.8 Å². The van der Waals surface area contributed by atoms with Crippen molar-refractivity contribution in [3.8, 4) is 0 Å². The molecule has 1 aliphatic heterocycles. The second kappa shape index (κ2) is 5.19. The van der Waals surface area contributed by atoms with Crippen molar-refractivity contribution in [3.05, 3.63) is 29.0 Å². The van der Waals surface area contributed by atoms with Gasteiger partial charge in [0.25, 0.3) is 0 Å². The fourth-order valence-corrected chi connectivity index (χ4v) is 4.70. The van der Waals surface area contributed by atoms with Crippen LogP contribution < -0.4 is 0 Å². The van der Waals surface area contributed by atoms with Gasteiger partial charge in [-0.25, -0.2) is 12.8 Å². The summed E-state index contributed by atoms with van der Waals surface area (Å²) in [6, 6.07) is 3.44. The molecule has 4 nitrogen and oxygen atoms in total. The molecule has 0 bridgehead atoms. The molecule has 1 heterocycles. The number of rotatable bonds is 3. The average molecular weight is 334 g/mol. The third-order valence-electron chi connectivity index (χ3n) is 4.50. The molecule has 0 amide bonds. The number of benzene rings is 1. The molecule has 0 atom stereocenters. The Hall–Kier alpha value is -0.690. The van der Waals surface area contributed by atoms with E-state index in [0.29, 0.717) is 25.9 Å². The van der Waals surface area contributed by atoms with Gasteiger partial charge in [-0.2, -0.15) is 4.31 Å². The van der Waals surface area contributed by atoms with E-state index in [-0.39, 0.29) is 15.8 Å². The minimum absolute atomic E-state index is 0.0116. The van der Waals surface area contributed by atoms with Crippen molar-refractivity contribution in [1.29, 1.82) is 0 Å². The molecule has 21 heavy (non-hydrogen) atoms. The molecule has 7 heteroatoms. The van der Waals surface area contributed by atoms with E-state index in [1.165, 1.54) is 10.4 Å². The predicted octanol–water partition coefficient (Wildman–Crippen LogP) is 2.40. The van der Waals surface area contributed by atoms with Crippen molar-refractivity contribution >= 4 is 21.6 Å². The van der Waals surface area contributed by atoms with E-state index < -0.39 is 21.4 Å². The first-order chi connectivity index (χ1) is 9.83. The maximum atomic E-state index is 13.2. The molecule has 0 spiro atoms. The van der Waals surface area contributed by atoms with Crippen molar-refractivity contribution in [2.45, 2.75) is 36.2 Å². The zero-order chi connectivity index (χ0) is 15.3. The van der Waals surface area contributed by atoms with E-state index in [1.807, 2.05) is 0 Å². The van der Waals surface area contributed by atoms with Gasteiger partial charge in [-0.3, -0.25) is 0 Å². The van der Waals surface area contributed by atoms with Crippen LogP contribution in [0.5, 0.6) is 0 Å². The lowest BCUT2D eigenvalue weighted by Crippen LogP contribution is -2.41. The summed E-state index contributed by atoms with van der Waals surface area (Å²) < 4.78 is 39.5. The fourth-order valence-electron chi connectivity index (χ4n) is 2.96. The highest BCUT2D eigenvalue weighted by atomic mass is 35.5. The molecule has 1 N–H and O–H groups in total. The first-order valence-corrected chi connectivity index (χ1v) is 8.82. The molecular formula is C14H17ClFNO3S.